The molecule has 0 radical (unpaired) electrons. The van der Waals surface area contributed by atoms with Crippen LogP contribution >= 0.6 is 11.8 Å². The molecule has 0 unspecified atom stereocenters. The first-order valence-corrected chi connectivity index (χ1v) is 11.2. The first kappa shape index (κ1) is 22.1. The number of thioether (sulfide) groups is 1. The van der Waals surface area contributed by atoms with Crippen LogP contribution in [0, 0.1) is 16.0 Å². The average molecular weight is 457 g/mol. The summed E-state index contributed by atoms with van der Waals surface area (Å²) >= 11 is 1.48. The molecule has 1 aromatic heterocycles. The Morgan fingerprint density at radius 3 is 2.72 bits per heavy atom. The zero-order chi connectivity index (χ0) is 22.7. The lowest BCUT2D eigenvalue weighted by Crippen LogP contribution is -2.13. The molecule has 1 aliphatic heterocycles. The smallest absolute Gasteiger partial charge is 0.270 e. The second-order valence-electron chi connectivity index (χ2n) is 7.79. The van der Waals surface area contributed by atoms with Crippen molar-refractivity contribution < 1.29 is 19.1 Å². The summed E-state index contributed by atoms with van der Waals surface area (Å²) in [5.41, 5.74) is 2.39. The Bertz CT molecular complexity index is 1110. The van der Waals surface area contributed by atoms with Crippen LogP contribution in [-0.2, 0) is 23.6 Å². The van der Waals surface area contributed by atoms with Crippen LogP contribution in [0.4, 0.5) is 5.69 Å². The minimum atomic E-state index is -0.397. The highest BCUT2D eigenvalue weighted by Crippen LogP contribution is 2.36. The van der Waals surface area contributed by atoms with Crippen molar-refractivity contribution in [1.29, 1.82) is 0 Å². The molecule has 2 heterocycles. The standard InChI is InChI=1S/C22H24N4O5S/c1-14(2)10-25-21(15-4-6-19(29-3)7-5-15)23-24-22(25)32-12-17-9-18(26(27)28)8-16-11-30-13-31-20(16)17/h4-9,14H,10-13H2,1-3H3. The molecule has 0 spiro atoms. The summed E-state index contributed by atoms with van der Waals surface area (Å²) < 4.78 is 18.3. The van der Waals surface area contributed by atoms with Crippen molar-refractivity contribution in [3.63, 3.8) is 0 Å². The van der Waals surface area contributed by atoms with Gasteiger partial charge in [0.15, 0.2) is 17.8 Å². The van der Waals surface area contributed by atoms with Gasteiger partial charge in [-0.2, -0.15) is 0 Å². The van der Waals surface area contributed by atoms with Crippen LogP contribution in [0.25, 0.3) is 11.4 Å². The van der Waals surface area contributed by atoms with Gasteiger partial charge in [-0.3, -0.25) is 10.1 Å². The maximum absolute atomic E-state index is 11.4. The van der Waals surface area contributed by atoms with Crippen LogP contribution in [0.5, 0.6) is 11.5 Å². The van der Waals surface area contributed by atoms with Gasteiger partial charge in [0.1, 0.15) is 11.5 Å². The first-order valence-electron chi connectivity index (χ1n) is 10.2. The average Bonchev–Trinajstić information content (AvgIpc) is 3.18. The normalized spacial score (nSPS) is 13.0. The summed E-state index contributed by atoms with van der Waals surface area (Å²) in [5.74, 6) is 3.04. The van der Waals surface area contributed by atoms with Crippen molar-refractivity contribution in [2.24, 2.45) is 5.92 Å². The third-order valence-corrected chi connectivity index (χ3v) is 5.97. The lowest BCUT2D eigenvalue weighted by molar-refractivity contribution is -0.385. The molecule has 0 saturated heterocycles. The number of nitro benzene ring substituents is 1. The van der Waals surface area contributed by atoms with Crippen LogP contribution in [0.15, 0.2) is 41.6 Å². The largest absolute Gasteiger partial charge is 0.497 e. The third-order valence-electron chi connectivity index (χ3n) is 4.95. The second-order valence-corrected chi connectivity index (χ2v) is 8.73. The molecule has 3 aromatic rings. The Hall–Kier alpha value is -3.11. The number of hydrogen-bond donors (Lipinski definition) is 0. The fourth-order valence-corrected chi connectivity index (χ4v) is 4.43. The van der Waals surface area contributed by atoms with Crippen LogP contribution < -0.4 is 9.47 Å². The molecule has 0 atom stereocenters. The SMILES string of the molecule is COc1ccc(-c2nnc(SCc3cc([N+](=O)[O-])cc4c3OCOC4)n2CC(C)C)cc1. The van der Waals surface area contributed by atoms with Crippen molar-refractivity contribution in [2.75, 3.05) is 13.9 Å². The monoisotopic (exact) mass is 456 g/mol. The zero-order valence-electron chi connectivity index (χ0n) is 18.1. The number of aromatic nitrogens is 3. The summed E-state index contributed by atoms with van der Waals surface area (Å²) in [4.78, 5) is 11.0. The molecule has 32 heavy (non-hydrogen) atoms. The van der Waals surface area contributed by atoms with Gasteiger partial charge < -0.3 is 18.8 Å². The van der Waals surface area contributed by atoms with Crippen LogP contribution in [0.3, 0.4) is 0 Å². The number of non-ortho nitro benzene ring substituents is 1. The van der Waals surface area contributed by atoms with E-state index in [-0.39, 0.29) is 12.5 Å². The minimum absolute atomic E-state index is 0.0241. The second kappa shape index (κ2) is 9.58. The Kier molecular flexibility index (Phi) is 6.61. The maximum Gasteiger partial charge on any atom is 0.270 e. The zero-order valence-corrected chi connectivity index (χ0v) is 18.9. The van der Waals surface area contributed by atoms with Gasteiger partial charge >= 0.3 is 0 Å². The van der Waals surface area contributed by atoms with E-state index in [2.05, 4.69) is 28.6 Å². The van der Waals surface area contributed by atoms with E-state index in [1.807, 2.05) is 24.3 Å². The molecule has 0 saturated carbocycles. The van der Waals surface area contributed by atoms with Crippen molar-refractivity contribution in [3.8, 4) is 22.9 Å². The van der Waals surface area contributed by atoms with E-state index in [0.29, 0.717) is 29.6 Å². The molecule has 0 bridgehead atoms. The number of ether oxygens (including phenoxy) is 3. The third kappa shape index (κ3) is 4.71. The summed E-state index contributed by atoms with van der Waals surface area (Å²) in [6.45, 7) is 5.44. The van der Waals surface area contributed by atoms with Gasteiger partial charge in [0, 0.05) is 41.1 Å². The van der Waals surface area contributed by atoms with Crippen molar-refractivity contribution in [3.05, 3.63) is 57.6 Å². The van der Waals surface area contributed by atoms with Crippen LogP contribution in [-0.4, -0.2) is 33.6 Å². The summed E-state index contributed by atoms with van der Waals surface area (Å²) in [7, 11) is 1.63. The maximum atomic E-state index is 11.4. The molecule has 0 aliphatic carbocycles. The number of methoxy groups -OCH3 is 1. The van der Waals surface area contributed by atoms with Gasteiger partial charge in [0.25, 0.3) is 5.69 Å². The molecular weight excluding hydrogens is 432 g/mol. The van der Waals surface area contributed by atoms with Crippen molar-refractivity contribution in [1.82, 2.24) is 14.8 Å². The molecule has 0 amide bonds. The number of nitro groups is 1. The summed E-state index contributed by atoms with van der Waals surface area (Å²) in [5, 5.41) is 21.0. The number of nitrogens with zero attached hydrogens (tertiary/aromatic N) is 4. The first-order chi connectivity index (χ1) is 15.5. The molecule has 168 valence electrons. The van der Waals surface area contributed by atoms with Gasteiger partial charge in [-0.05, 0) is 30.2 Å². The Labute approximate surface area is 189 Å². The van der Waals surface area contributed by atoms with Crippen LogP contribution in [0.2, 0.25) is 0 Å². The predicted molar refractivity (Wildman–Crippen MR) is 120 cm³/mol. The Morgan fingerprint density at radius 2 is 2.03 bits per heavy atom. The summed E-state index contributed by atoms with van der Waals surface area (Å²) in [6.07, 6.45) is 0. The van der Waals surface area contributed by atoms with E-state index in [1.165, 1.54) is 17.8 Å². The van der Waals surface area contributed by atoms with E-state index in [1.54, 1.807) is 13.2 Å². The van der Waals surface area contributed by atoms with Gasteiger partial charge in [0.2, 0.25) is 0 Å². The quantitative estimate of drug-likeness (QED) is 0.274. The van der Waals surface area contributed by atoms with Gasteiger partial charge in [-0.15, -0.1) is 10.2 Å². The molecule has 10 heteroatoms. The topological polar surface area (TPSA) is 102 Å². The van der Waals surface area contributed by atoms with Gasteiger partial charge in [0.05, 0.1) is 18.6 Å². The predicted octanol–water partition coefficient (Wildman–Crippen LogP) is 4.68. The number of rotatable bonds is 8. The number of benzene rings is 2. The molecule has 2 aromatic carbocycles. The van der Waals surface area contributed by atoms with Gasteiger partial charge in [-0.25, -0.2) is 0 Å². The van der Waals surface area contributed by atoms with Crippen molar-refractivity contribution >= 4 is 17.4 Å². The van der Waals surface area contributed by atoms with Gasteiger partial charge in [-0.1, -0.05) is 25.6 Å². The lowest BCUT2D eigenvalue weighted by atomic mass is 10.1. The fraction of sp³-hybridized carbons (Fsp3) is 0.364. The molecule has 9 nitrogen and oxygen atoms in total. The van der Waals surface area contributed by atoms with E-state index in [0.717, 1.165) is 34.4 Å². The van der Waals surface area contributed by atoms with E-state index < -0.39 is 4.92 Å². The molecule has 4 rings (SSSR count). The lowest BCUT2D eigenvalue weighted by Gasteiger charge is -2.20. The molecular formula is C22H24N4O5S. The highest BCUT2D eigenvalue weighted by Gasteiger charge is 2.22. The molecule has 0 fully saturated rings. The van der Waals surface area contributed by atoms with E-state index >= 15 is 0 Å². The number of fused-ring (bicyclic) bond motifs is 1. The Morgan fingerprint density at radius 1 is 1.25 bits per heavy atom. The fourth-order valence-electron chi connectivity index (χ4n) is 3.51. The van der Waals surface area contributed by atoms with Crippen molar-refractivity contribution in [2.45, 2.75) is 37.9 Å². The van der Waals surface area contributed by atoms with E-state index in [4.69, 9.17) is 14.2 Å². The van der Waals surface area contributed by atoms with Crippen LogP contribution in [0.1, 0.15) is 25.0 Å². The Balaban J connectivity index is 1.64. The molecule has 1 aliphatic rings. The highest BCUT2D eigenvalue weighted by atomic mass is 32.2. The highest BCUT2D eigenvalue weighted by molar-refractivity contribution is 7.98. The summed E-state index contributed by atoms with van der Waals surface area (Å²) in [6, 6.07) is 10.8. The molecule has 0 N–H and O–H groups in total. The minimum Gasteiger partial charge on any atom is -0.497 e. The van der Waals surface area contributed by atoms with E-state index in [9.17, 15) is 10.1 Å². The number of hydrogen-bond acceptors (Lipinski definition) is 8.